The molecular formula is C20H23ClN2O3S. The van der Waals surface area contributed by atoms with Crippen LogP contribution in [0.3, 0.4) is 0 Å². The number of hydrogen-bond donors (Lipinski definition) is 2. The van der Waals surface area contributed by atoms with E-state index in [-0.39, 0.29) is 10.8 Å². The Morgan fingerprint density at radius 1 is 0.963 bits per heavy atom. The first kappa shape index (κ1) is 19.9. The van der Waals surface area contributed by atoms with Crippen molar-refractivity contribution in [3.8, 4) is 0 Å². The van der Waals surface area contributed by atoms with Crippen LogP contribution in [0.5, 0.6) is 0 Å². The van der Waals surface area contributed by atoms with Gasteiger partial charge in [-0.1, -0.05) is 61.2 Å². The Morgan fingerprint density at radius 3 is 2.22 bits per heavy atom. The maximum absolute atomic E-state index is 13.0. The molecule has 5 nitrogen and oxygen atoms in total. The van der Waals surface area contributed by atoms with Crippen molar-refractivity contribution in [1.29, 1.82) is 0 Å². The number of nitrogens with one attached hydrogen (secondary N) is 2. The number of carbonyl (C=O) groups excluding carboxylic acids is 1. The lowest BCUT2D eigenvalue weighted by atomic mass is 9.82. The highest BCUT2D eigenvalue weighted by atomic mass is 35.5. The van der Waals surface area contributed by atoms with E-state index in [1.165, 1.54) is 24.3 Å². The zero-order valence-corrected chi connectivity index (χ0v) is 16.5. The summed E-state index contributed by atoms with van der Waals surface area (Å²) in [5.74, 6) is -0.274. The van der Waals surface area contributed by atoms with Gasteiger partial charge in [0.05, 0.1) is 4.90 Å². The summed E-state index contributed by atoms with van der Waals surface area (Å²) in [7, 11) is -3.83. The van der Waals surface area contributed by atoms with Gasteiger partial charge in [-0.2, -0.15) is 4.72 Å². The van der Waals surface area contributed by atoms with Crippen molar-refractivity contribution in [2.75, 3.05) is 0 Å². The van der Waals surface area contributed by atoms with Crippen LogP contribution in [0.15, 0.2) is 59.5 Å². The zero-order chi connectivity index (χ0) is 19.3. The predicted octanol–water partition coefficient (Wildman–Crippen LogP) is 3.64. The normalized spacial score (nSPS) is 16.6. The Kier molecular flexibility index (Phi) is 6.19. The zero-order valence-electron chi connectivity index (χ0n) is 14.9. The van der Waals surface area contributed by atoms with Crippen LogP contribution in [0, 0.1) is 0 Å². The quantitative estimate of drug-likeness (QED) is 0.769. The van der Waals surface area contributed by atoms with Gasteiger partial charge in [-0.3, -0.25) is 4.79 Å². The third-order valence-electron chi connectivity index (χ3n) is 4.89. The molecule has 0 aromatic heterocycles. The molecule has 27 heavy (non-hydrogen) atoms. The van der Waals surface area contributed by atoms with Crippen molar-refractivity contribution in [3.05, 3.63) is 65.2 Å². The summed E-state index contributed by atoms with van der Waals surface area (Å²) in [6.45, 7) is 0.365. The van der Waals surface area contributed by atoms with Crippen molar-refractivity contribution in [3.63, 3.8) is 0 Å². The summed E-state index contributed by atoms with van der Waals surface area (Å²) in [4.78, 5) is 13.1. The smallest absolute Gasteiger partial charge is 0.241 e. The Balaban J connectivity index is 1.79. The Morgan fingerprint density at radius 2 is 1.59 bits per heavy atom. The van der Waals surface area contributed by atoms with Crippen molar-refractivity contribution in [1.82, 2.24) is 10.0 Å². The molecule has 144 valence electrons. The lowest BCUT2D eigenvalue weighted by molar-refractivity contribution is -0.128. The molecule has 0 unspecified atom stereocenters. The Hall–Kier alpha value is -1.89. The molecule has 1 saturated carbocycles. The van der Waals surface area contributed by atoms with Crippen LogP contribution in [-0.2, 0) is 21.4 Å². The van der Waals surface area contributed by atoms with E-state index < -0.39 is 15.6 Å². The molecule has 0 spiro atoms. The van der Waals surface area contributed by atoms with E-state index >= 15 is 0 Å². The van der Waals surface area contributed by atoms with Crippen LogP contribution < -0.4 is 10.0 Å². The van der Waals surface area contributed by atoms with Gasteiger partial charge in [0.2, 0.25) is 15.9 Å². The van der Waals surface area contributed by atoms with E-state index in [1.807, 2.05) is 30.3 Å². The largest absolute Gasteiger partial charge is 0.350 e. The van der Waals surface area contributed by atoms with E-state index in [0.29, 0.717) is 24.4 Å². The summed E-state index contributed by atoms with van der Waals surface area (Å²) < 4.78 is 28.4. The highest BCUT2D eigenvalue weighted by molar-refractivity contribution is 7.89. The molecule has 2 aromatic carbocycles. The fraction of sp³-hybridized carbons (Fsp3) is 0.350. The monoisotopic (exact) mass is 406 g/mol. The summed E-state index contributed by atoms with van der Waals surface area (Å²) >= 11 is 5.85. The minimum absolute atomic E-state index is 0.104. The molecule has 0 radical (unpaired) electrons. The highest BCUT2D eigenvalue weighted by Crippen LogP contribution is 2.30. The molecule has 0 saturated heterocycles. The maximum atomic E-state index is 13.0. The fourth-order valence-electron chi connectivity index (χ4n) is 3.41. The molecule has 1 amide bonds. The molecule has 7 heteroatoms. The van der Waals surface area contributed by atoms with Crippen LogP contribution >= 0.6 is 11.6 Å². The van der Waals surface area contributed by atoms with Crippen molar-refractivity contribution in [2.45, 2.75) is 49.1 Å². The van der Waals surface area contributed by atoms with E-state index in [2.05, 4.69) is 10.0 Å². The van der Waals surface area contributed by atoms with Crippen LogP contribution in [0.1, 0.15) is 37.7 Å². The number of benzene rings is 2. The second-order valence-corrected chi connectivity index (χ2v) is 8.99. The molecule has 0 aliphatic heterocycles. The van der Waals surface area contributed by atoms with Gasteiger partial charge in [-0.05, 0) is 42.7 Å². The van der Waals surface area contributed by atoms with Gasteiger partial charge in [-0.15, -0.1) is 0 Å². The van der Waals surface area contributed by atoms with E-state index in [9.17, 15) is 13.2 Å². The van der Waals surface area contributed by atoms with Crippen LogP contribution in [0.25, 0.3) is 0 Å². The third-order valence-corrected chi connectivity index (χ3v) is 6.70. The highest BCUT2D eigenvalue weighted by Gasteiger charge is 2.42. The number of rotatable bonds is 6. The lowest BCUT2D eigenvalue weighted by Crippen LogP contribution is -2.59. The minimum Gasteiger partial charge on any atom is -0.350 e. The topological polar surface area (TPSA) is 75.3 Å². The number of carbonyl (C=O) groups is 1. The molecular weight excluding hydrogens is 384 g/mol. The Bertz CT molecular complexity index is 877. The number of hydrogen-bond acceptors (Lipinski definition) is 3. The molecule has 2 N–H and O–H groups in total. The maximum Gasteiger partial charge on any atom is 0.241 e. The average Bonchev–Trinajstić information content (AvgIpc) is 2.67. The summed E-state index contributed by atoms with van der Waals surface area (Å²) in [5, 5.41) is 3.37. The van der Waals surface area contributed by atoms with Crippen molar-refractivity contribution in [2.24, 2.45) is 0 Å². The number of halogens is 1. The van der Waals surface area contributed by atoms with Gasteiger partial charge in [0, 0.05) is 11.6 Å². The van der Waals surface area contributed by atoms with Crippen LogP contribution in [-0.4, -0.2) is 19.9 Å². The standard InChI is InChI=1S/C20H23ClN2O3S/c21-17-9-11-18(12-10-17)27(25,26)23-20(13-5-2-6-14-20)19(24)22-15-16-7-3-1-4-8-16/h1,3-4,7-12,23H,2,5-6,13-15H2,(H,22,24). The number of sulfonamides is 1. The Labute approximate surface area is 165 Å². The SMILES string of the molecule is O=C(NCc1ccccc1)C1(NS(=O)(=O)c2ccc(Cl)cc2)CCCCC1. The van der Waals surface area contributed by atoms with Crippen LogP contribution in [0.4, 0.5) is 0 Å². The molecule has 1 aliphatic carbocycles. The molecule has 1 fully saturated rings. The number of amides is 1. The van der Waals surface area contributed by atoms with Crippen molar-refractivity contribution < 1.29 is 13.2 Å². The van der Waals surface area contributed by atoms with Crippen molar-refractivity contribution >= 4 is 27.5 Å². The fourth-order valence-corrected chi connectivity index (χ4v) is 4.96. The van der Waals surface area contributed by atoms with Gasteiger partial charge in [0.15, 0.2) is 0 Å². The molecule has 3 rings (SSSR count). The van der Waals surface area contributed by atoms with Gasteiger partial charge < -0.3 is 5.32 Å². The summed E-state index contributed by atoms with van der Waals surface area (Å²) in [5.41, 5.74) is -0.150. The van der Waals surface area contributed by atoms with E-state index in [1.54, 1.807) is 0 Å². The first-order chi connectivity index (χ1) is 12.9. The van der Waals surface area contributed by atoms with Gasteiger partial charge in [0.25, 0.3) is 0 Å². The van der Waals surface area contributed by atoms with Crippen LogP contribution in [0.2, 0.25) is 5.02 Å². The molecule has 0 heterocycles. The van der Waals surface area contributed by atoms with E-state index in [4.69, 9.17) is 11.6 Å². The van der Waals surface area contributed by atoms with E-state index in [0.717, 1.165) is 24.8 Å². The average molecular weight is 407 g/mol. The lowest BCUT2D eigenvalue weighted by Gasteiger charge is -2.36. The summed E-state index contributed by atoms with van der Waals surface area (Å²) in [6, 6.07) is 15.5. The molecule has 2 aromatic rings. The second-order valence-electron chi connectivity index (χ2n) is 6.87. The first-order valence-electron chi connectivity index (χ1n) is 9.03. The predicted molar refractivity (Wildman–Crippen MR) is 106 cm³/mol. The first-order valence-corrected chi connectivity index (χ1v) is 10.9. The molecule has 0 atom stereocenters. The summed E-state index contributed by atoms with van der Waals surface area (Å²) in [6.07, 6.45) is 3.58. The van der Waals surface area contributed by atoms with Gasteiger partial charge in [-0.25, -0.2) is 8.42 Å². The minimum atomic E-state index is -3.83. The third kappa shape index (κ3) is 4.89. The van der Waals surface area contributed by atoms with Gasteiger partial charge in [0.1, 0.15) is 5.54 Å². The second kappa shape index (κ2) is 8.42. The molecule has 1 aliphatic rings. The molecule has 0 bridgehead atoms. The van der Waals surface area contributed by atoms with Gasteiger partial charge >= 0.3 is 0 Å².